The Hall–Kier alpha value is -4.33. The quantitative estimate of drug-likeness (QED) is 0.460. The Morgan fingerprint density at radius 2 is 1.94 bits per heavy atom. The zero-order valence-corrected chi connectivity index (χ0v) is 17.0. The Bertz CT molecular complexity index is 1610. The summed E-state index contributed by atoms with van der Waals surface area (Å²) < 4.78 is 9.05. The topological polar surface area (TPSA) is 99.0 Å². The number of H-pyrrole nitrogens is 1. The second-order valence-corrected chi connectivity index (χ2v) is 7.51. The Kier molecular flexibility index (Phi) is 3.58. The number of aryl methyl sites for hydroxylation is 1. The average Bonchev–Trinajstić information content (AvgIpc) is 3.48. The first-order chi connectivity index (χ1) is 15.1. The zero-order valence-electron chi connectivity index (χ0n) is 17.0. The van der Waals surface area contributed by atoms with E-state index < -0.39 is 0 Å². The molecule has 5 aromatic heterocycles. The lowest BCUT2D eigenvalue weighted by atomic mass is 10.1. The van der Waals surface area contributed by atoms with Crippen molar-refractivity contribution in [2.45, 2.75) is 0 Å². The fraction of sp³-hybridized carbons (Fsp3) is 0.0870. The minimum Gasteiger partial charge on any atom is -0.497 e. The number of benzene rings is 1. The monoisotopic (exact) mass is 409 g/mol. The van der Waals surface area contributed by atoms with Crippen LogP contribution in [0.5, 0.6) is 5.75 Å². The Morgan fingerprint density at radius 1 is 1.03 bits per heavy atom. The molecule has 152 valence electrons. The number of methoxy groups -OCH3 is 1. The number of ether oxygens (including phenoxy) is 1. The van der Waals surface area contributed by atoms with E-state index in [0.29, 0.717) is 11.5 Å². The van der Waals surface area contributed by atoms with Gasteiger partial charge in [0.05, 0.1) is 18.5 Å². The standard InChI is InChI=1S/C23H19N7O/c1-29-12-17(14-4-3-7-25-23(14)29)19-9-21(24)30-22(27-19)10-20(28-30)16-11-26-18-6-5-13(31-2)8-15(16)18/h3-12,26H,24H2,1-2H3. The van der Waals surface area contributed by atoms with E-state index in [2.05, 4.69) is 9.97 Å². The fourth-order valence-electron chi connectivity index (χ4n) is 4.12. The predicted octanol–water partition coefficient (Wildman–Crippen LogP) is 4.02. The molecule has 0 fully saturated rings. The van der Waals surface area contributed by atoms with Crippen LogP contribution in [0.1, 0.15) is 0 Å². The number of nitrogens with zero attached hydrogens (tertiary/aromatic N) is 5. The number of anilines is 1. The molecule has 8 nitrogen and oxygen atoms in total. The van der Waals surface area contributed by atoms with Gasteiger partial charge in [-0.25, -0.2) is 9.97 Å². The minimum absolute atomic E-state index is 0.518. The van der Waals surface area contributed by atoms with Crippen LogP contribution in [0.2, 0.25) is 0 Å². The highest BCUT2D eigenvalue weighted by Crippen LogP contribution is 2.33. The molecule has 8 heteroatoms. The van der Waals surface area contributed by atoms with Gasteiger partial charge in [0.1, 0.15) is 17.2 Å². The maximum Gasteiger partial charge on any atom is 0.158 e. The molecule has 0 aliphatic rings. The van der Waals surface area contributed by atoms with Crippen LogP contribution in [0.4, 0.5) is 5.82 Å². The molecule has 0 aliphatic heterocycles. The molecule has 0 spiro atoms. The third-order valence-electron chi connectivity index (χ3n) is 5.63. The SMILES string of the molecule is COc1ccc2[nH]cc(-c3cc4nc(-c5cn(C)c6ncccc56)cc(N)n4n3)c2c1. The van der Waals surface area contributed by atoms with Crippen molar-refractivity contribution < 1.29 is 4.74 Å². The van der Waals surface area contributed by atoms with Crippen molar-refractivity contribution >= 4 is 33.4 Å². The van der Waals surface area contributed by atoms with Crippen LogP contribution < -0.4 is 10.5 Å². The predicted molar refractivity (Wildman–Crippen MR) is 121 cm³/mol. The molecule has 0 radical (unpaired) electrons. The number of nitrogens with one attached hydrogen (secondary N) is 1. The second-order valence-electron chi connectivity index (χ2n) is 7.51. The molecule has 0 amide bonds. The number of fused-ring (bicyclic) bond motifs is 3. The smallest absolute Gasteiger partial charge is 0.158 e. The van der Waals surface area contributed by atoms with Gasteiger partial charge in [0, 0.05) is 65.2 Å². The summed E-state index contributed by atoms with van der Waals surface area (Å²) in [7, 11) is 3.64. The van der Waals surface area contributed by atoms with Crippen molar-refractivity contribution in [2.75, 3.05) is 12.8 Å². The van der Waals surface area contributed by atoms with Gasteiger partial charge in [-0.05, 0) is 30.3 Å². The van der Waals surface area contributed by atoms with Crippen molar-refractivity contribution in [3.05, 3.63) is 61.1 Å². The van der Waals surface area contributed by atoms with Gasteiger partial charge in [-0.2, -0.15) is 9.61 Å². The molecule has 31 heavy (non-hydrogen) atoms. The summed E-state index contributed by atoms with van der Waals surface area (Å²) in [6, 6.07) is 13.7. The van der Waals surface area contributed by atoms with Crippen molar-refractivity contribution in [2.24, 2.45) is 7.05 Å². The van der Waals surface area contributed by atoms with Crippen LogP contribution in [0.3, 0.4) is 0 Å². The molecule has 0 atom stereocenters. The van der Waals surface area contributed by atoms with Gasteiger partial charge in [-0.3, -0.25) is 0 Å². The molecular weight excluding hydrogens is 390 g/mol. The first-order valence-electron chi connectivity index (χ1n) is 9.84. The highest BCUT2D eigenvalue weighted by Gasteiger charge is 2.16. The highest BCUT2D eigenvalue weighted by atomic mass is 16.5. The molecule has 1 aromatic carbocycles. The first kappa shape index (κ1) is 17.5. The minimum atomic E-state index is 0.518. The molecule has 3 N–H and O–H groups in total. The fourth-order valence-corrected chi connectivity index (χ4v) is 4.12. The Balaban J connectivity index is 1.54. The van der Waals surface area contributed by atoms with Gasteiger partial charge in [0.15, 0.2) is 5.65 Å². The van der Waals surface area contributed by atoms with Crippen LogP contribution in [0.25, 0.3) is 50.1 Å². The van der Waals surface area contributed by atoms with E-state index in [4.69, 9.17) is 20.6 Å². The number of hydrogen-bond donors (Lipinski definition) is 2. The number of hydrogen-bond acceptors (Lipinski definition) is 5. The maximum absolute atomic E-state index is 6.38. The van der Waals surface area contributed by atoms with Crippen LogP contribution in [-0.4, -0.2) is 36.2 Å². The summed E-state index contributed by atoms with van der Waals surface area (Å²) in [6.45, 7) is 0. The van der Waals surface area contributed by atoms with Crippen molar-refractivity contribution in [1.82, 2.24) is 29.1 Å². The second kappa shape index (κ2) is 6.33. The lowest BCUT2D eigenvalue weighted by molar-refractivity contribution is 0.415. The molecule has 6 aromatic rings. The van der Waals surface area contributed by atoms with Crippen LogP contribution in [-0.2, 0) is 7.05 Å². The third kappa shape index (κ3) is 2.58. The normalized spacial score (nSPS) is 11.7. The van der Waals surface area contributed by atoms with E-state index in [1.54, 1.807) is 17.8 Å². The number of nitrogens with two attached hydrogens (primary N) is 1. The average molecular weight is 409 g/mol. The Morgan fingerprint density at radius 3 is 2.81 bits per heavy atom. The number of aromatic nitrogens is 6. The summed E-state index contributed by atoms with van der Waals surface area (Å²) in [5.41, 5.74) is 12.5. The number of nitrogen functional groups attached to an aromatic ring is 1. The molecule has 5 heterocycles. The largest absolute Gasteiger partial charge is 0.497 e. The van der Waals surface area contributed by atoms with E-state index in [1.165, 1.54) is 0 Å². The molecule has 0 bridgehead atoms. The first-order valence-corrected chi connectivity index (χ1v) is 9.84. The summed E-state index contributed by atoms with van der Waals surface area (Å²) in [6.07, 6.45) is 5.76. The number of pyridine rings is 1. The van der Waals surface area contributed by atoms with Gasteiger partial charge in [-0.1, -0.05) is 0 Å². The summed E-state index contributed by atoms with van der Waals surface area (Å²) >= 11 is 0. The molecule has 0 saturated carbocycles. The van der Waals surface area contributed by atoms with E-state index in [1.807, 2.05) is 66.5 Å². The summed E-state index contributed by atoms with van der Waals surface area (Å²) in [4.78, 5) is 12.6. The lowest BCUT2D eigenvalue weighted by Crippen LogP contribution is -2.01. The Labute approximate surface area is 176 Å². The number of rotatable bonds is 3. The third-order valence-corrected chi connectivity index (χ3v) is 5.63. The molecule has 0 unspecified atom stereocenters. The maximum atomic E-state index is 6.38. The molecule has 6 rings (SSSR count). The summed E-state index contributed by atoms with van der Waals surface area (Å²) in [5, 5.41) is 6.77. The van der Waals surface area contributed by atoms with Crippen molar-refractivity contribution in [1.29, 1.82) is 0 Å². The van der Waals surface area contributed by atoms with Crippen LogP contribution in [0.15, 0.2) is 61.1 Å². The van der Waals surface area contributed by atoms with Gasteiger partial charge < -0.3 is 20.0 Å². The summed E-state index contributed by atoms with van der Waals surface area (Å²) in [5.74, 6) is 1.31. The van der Waals surface area contributed by atoms with E-state index in [0.717, 1.165) is 50.2 Å². The van der Waals surface area contributed by atoms with Gasteiger partial charge >= 0.3 is 0 Å². The van der Waals surface area contributed by atoms with Crippen LogP contribution >= 0.6 is 0 Å². The highest BCUT2D eigenvalue weighted by molar-refractivity contribution is 5.96. The lowest BCUT2D eigenvalue weighted by Gasteiger charge is -2.03. The zero-order chi connectivity index (χ0) is 21.1. The van der Waals surface area contributed by atoms with E-state index >= 15 is 0 Å². The van der Waals surface area contributed by atoms with Crippen LogP contribution in [0, 0.1) is 0 Å². The molecule has 0 aliphatic carbocycles. The van der Waals surface area contributed by atoms with Crippen molar-refractivity contribution in [3.63, 3.8) is 0 Å². The molecule has 0 saturated heterocycles. The van der Waals surface area contributed by atoms with Gasteiger partial charge in [0.2, 0.25) is 0 Å². The van der Waals surface area contributed by atoms with E-state index in [9.17, 15) is 0 Å². The number of aromatic amines is 1. The van der Waals surface area contributed by atoms with Gasteiger partial charge in [-0.15, -0.1) is 0 Å². The molecular formula is C23H19N7O. The van der Waals surface area contributed by atoms with Crippen molar-refractivity contribution in [3.8, 4) is 28.3 Å². The van der Waals surface area contributed by atoms with E-state index in [-0.39, 0.29) is 0 Å². The van der Waals surface area contributed by atoms with Gasteiger partial charge in [0.25, 0.3) is 0 Å².